The Morgan fingerprint density at radius 1 is 1.38 bits per heavy atom. The summed E-state index contributed by atoms with van der Waals surface area (Å²) in [6.07, 6.45) is 2.24. The number of aliphatic hydroxyl groups excluding tert-OH is 1. The smallest absolute Gasteiger partial charge is 0.161 e. The maximum atomic E-state index is 10.5. The van der Waals surface area contributed by atoms with Crippen LogP contribution in [0.5, 0.6) is 0 Å². The van der Waals surface area contributed by atoms with E-state index < -0.39 is 6.10 Å². The molecule has 108 valence electrons. The van der Waals surface area contributed by atoms with Crippen molar-refractivity contribution in [2.45, 2.75) is 32.4 Å². The summed E-state index contributed by atoms with van der Waals surface area (Å²) in [5.41, 5.74) is 6.20. The maximum absolute atomic E-state index is 10.5. The number of hydrogen-bond donors (Lipinski definition) is 2. The van der Waals surface area contributed by atoms with Crippen molar-refractivity contribution in [3.8, 4) is 0 Å². The Morgan fingerprint density at radius 2 is 2.24 bits per heavy atom. The number of nitrogens with one attached hydrogen (secondary N) is 1. The van der Waals surface area contributed by atoms with Crippen molar-refractivity contribution in [3.63, 3.8) is 0 Å². The van der Waals surface area contributed by atoms with E-state index >= 15 is 0 Å². The van der Waals surface area contributed by atoms with Crippen LogP contribution in [0.3, 0.4) is 0 Å². The topological polar surface area (TPSA) is 49.6 Å². The van der Waals surface area contributed by atoms with Crippen molar-refractivity contribution in [3.05, 3.63) is 51.6 Å². The molecule has 0 amide bonds. The maximum Gasteiger partial charge on any atom is 0.161 e. The minimum Gasteiger partial charge on any atom is -0.388 e. The summed E-state index contributed by atoms with van der Waals surface area (Å²) in [5, 5.41) is 18.3. The van der Waals surface area contributed by atoms with Gasteiger partial charge in [-0.2, -0.15) is 11.3 Å². The van der Waals surface area contributed by atoms with Crippen molar-refractivity contribution in [2.75, 3.05) is 5.32 Å². The fourth-order valence-electron chi connectivity index (χ4n) is 3.05. The number of aliphatic hydroxyl groups is 1. The van der Waals surface area contributed by atoms with E-state index in [1.165, 1.54) is 5.56 Å². The third kappa shape index (κ3) is 1.88. The van der Waals surface area contributed by atoms with Gasteiger partial charge in [-0.3, -0.25) is 0 Å². The lowest BCUT2D eigenvalue weighted by Crippen LogP contribution is -2.22. The number of fused-ring (bicyclic) bond motifs is 3. The van der Waals surface area contributed by atoms with E-state index in [0.29, 0.717) is 6.42 Å². The molecule has 2 unspecified atom stereocenters. The summed E-state index contributed by atoms with van der Waals surface area (Å²) in [6.45, 7) is 4.09. The molecule has 1 aliphatic heterocycles. The summed E-state index contributed by atoms with van der Waals surface area (Å²) in [4.78, 5) is 4.67. The zero-order valence-corrected chi connectivity index (χ0v) is 12.8. The molecule has 0 aromatic carbocycles. The molecule has 0 radical (unpaired) electrons. The van der Waals surface area contributed by atoms with E-state index in [4.69, 9.17) is 0 Å². The van der Waals surface area contributed by atoms with Crippen LogP contribution < -0.4 is 5.32 Å². The molecule has 4 nitrogen and oxygen atoms in total. The molecule has 2 N–H and O–H groups in total. The monoisotopic (exact) mass is 299 g/mol. The highest BCUT2D eigenvalue weighted by atomic mass is 32.1. The molecule has 0 saturated heterocycles. The van der Waals surface area contributed by atoms with Crippen LogP contribution >= 0.6 is 11.3 Å². The van der Waals surface area contributed by atoms with Crippen molar-refractivity contribution >= 4 is 22.7 Å². The van der Waals surface area contributed by atoms with Crippen LogP contribution in [0.2, 0.25) is 0 Å². The van der Waals surface area contributed by atoms with E-state index in [0.717, 1.165) is 28.3 Å². The molecule has 3 aromatic rings. The van der Waals surface area contributed by atoms with Crippen molar-refractivity contribution < 1.29 is 5.11 Å². The van der Waals surface area contributed by atoms with Gasteiger partial charge < -0.3 is 14.8 Å². The van der Waals surface area contributed by atoms with Crippen molar-refractivity contribution in [2.24, 2.45) is 0 Å². The van der Waals surface area contributed by atoms with Gasteiger partial charge in [0.05, 0.1) is 23.5 Å². The van der Waals surface area contributed by atoms with E-state index in [2.05, 4.69) is 38.5 Å². The molecule has 0 bridgehead atoms. The zero-order chi connectivity index (χ0) is 14.6. The molecular weight excluding hydrogens is 282 g/mol. The Balaban J connectivity index is 1.89. The summed E-state index contributed by atoms with van der Waals surface area (Å²) in [7, 11) is 0. The quantitative estimate of drug-likeness (QED) is 0.722. The van der Waals surface area contributed by atoms with Crippen LogP contribution in [0, 0.1) is 13.8 Å². The highest BCUT2D eigenvalue weighted by Gasteiger charge is 2.28. The Labute approximate surface area is 127 Å². The standard InChI is InChI=1S/C16H17N3OS/c1-9-10(2)19-5-3-12-14(20)7-13(11-4-6-21-8-11)18-15(12)16(19)17-9/h3-6,8,13-14,18,20H,7H2,1-2H3. The van der Waals surface area contributed by atoms with Gasteiger partial charge in [0.25, 0.3) is 0 Å². The number of pyridine rings is 1. The molecule has 0 spiro atoms. The van der Waals surface area contributed by atoms with E-state index in [-0.39, 0.29) is 6.04 Å². The summed E-state index contributed by atoms with van der Waals surface area (Å²) >= 11 is 1.68. The normalized spacial score (nSPS) is 21.3. The third-order valence-electron chi connectivity index (χ3n) is 4.38. The number of anilines is 1. The van der Waals surface area contributed by atoms with E-state index in [9.17, 15) is 5.11 Å². The number of imidazole rings is 1. The van der Waals surface area contributed by atoms with Gasteiger partial charge in [-0.15, -0.1) is 0 Å². The van der Waals surface area contributed by atoms with Crippen molar-refractivity contribution in [1.29, 1.82) is 0 Å². The van der Waals surface area contributed by atoms with Gasteiger partial charge in [0, 0.05) is 23.9 Å². The van der Waals surface area contributed by atoms with Crippen molar-refractivity contribution in [1.82, 2.24) is 9.38 Å². The molecule has 0 fully saturated rings. The van der Waals surface area contributed by atoms with Gasteiger partial charge in [0.1, 0.15) is 0 Å². The van der Waals surface area contributed by atoms with Crippen LogP contribution in [0.1, 0.15) is 41.1 Å². The summed E-state index contributed by atoms with van der Waals surface area (Å²) < 4.78 is 2.09. The molecule has 0 aliphatic carbocycles. The largest absolute Gasteiger partial charge is 0.388 e. The fourth-order valence-corrected chi connectivity index (χ4v) is 3.77. The Hall–Kier alpha value is -1.85. The lowest BCUT2D eigenvalue weighted by Gasteiger charge is -2.30. The zero-order valence-electron chi connectivity index (χ0n) is 12.0. The molecule has 1 aliphatic rings. The summed E-state index contributed by atoms with van der Waals surface area (Å²) in [6, 6.07) is 4.25. The number of aromatic nitrogens is 2. The Kier molecular flexibility index (Phi) is 2.80. The first-order valence-corrected chi connectivity index (χ1v) is 8.04. The lowest BCUT2D eigenvalue weighted by atomic mass is 9.93. The molecular formula is C16H17N3OS. The highest BCUT2D eigenvalue weighted by Crippen LogP contribution is 2.41. The number of thiophene rings is 1. The molecule has 5 heteroatoms. The molecule has 2 atom stereocenters. The fraction of sp³-hybridized carbons (Fsp3) is 0.312. The van der Waals surface area contributed by atoms with E-state index in [1.54, 1.807) is 11.3 Å². The van der Waals surface area contributed by atoms with E-state index in [1.807, 2.05) is 19.2 Å². The lowest BCUT2D eigenvalue weighted by molar-refractivity contribution is 0.156. The molecule has 21 heavy (non-hydrogen) atoms. The number of hydrogen-bond acceptors (Lipinski definition) is 4. The SMILES string of the molecule is Cc1nc2c3c(ccn2c1C)C(O)CC(c1ccsc1)N3. The minimum atomic E-state index is -0.450. The molecule has 4 heterocycles. The molecule has 3 aromatic heterocycles. The first kappa shape index (κ1) is 12.9. The van der Waals surface area contributed by atoms with Gasteiger partial charge in [-0.1, -0.05) is 0 Å². The predicted octanol–water partition coefficient (Wildman–Crippen LogP) is 3.60. The van der Waals surface area contributed by atoms with Crippen LogP contribution in [0.25, 0.3) is 5.65 Å². The number of rotatable bonds is 1. The average molecular weight is 299 g/mol. The molecule has 0 saturated carbocycles. The highest BCUT2D eigenvalue weighted by molar-refractivity contribution is 7.08. The molecule has 4 rings (SSSR count). The van der Waals surface area contributed by atoms with Gasteiger partial charge >= 0.3 is 0 Å². The summed E-state index contributed by atoms with van der Waals surface area (Å²) in [5.74, 6) is 0. The van der Waals surface area contributed by atoms with Crippen LogP contribution in [-0.2, 0) is 0 Å². The van der Waals surface area contributed by atoms with Crippen LogP contribution in [0.15, 0.2) is 29.1 Å². The second-order valence-corrected chi connectivity index (χ2v) is 6.41. The minimum absolute atomic E-state index is 0.141. The predicted molar refractivity (Wildman–Crippen MR) is 84.9 cm³/mol. The average Bonchev–Trinajstić information content (AvgIpc) is 3.09. The number of aryl methyl sites for hydroxylation is 2. The van der Waals surface area contributed by atoms with Gasteiger partial charge in [0.15, 0.2) is 5.65 Å². The third-order valence-corrected chi connectivity index (χ3v) is 5.09. The van der Waals surface area contributed by atoms with Crippen LogP contribution in [0.4, 0.5) is 5.69 Å². The second kappa shape index (κ2) is 4.58. The van der Waals surface area contributed by atoms with Gasteiger partial charge in [0.2, 0.25) is 0 Å². The number of nitrogens with zero attached hydrogens (tertiary/aromatic N) is 2. The van der Waals surface area contributed by atoms with Gasteiger partial charge in [-0.05, 0) is 42.3 Å². The van der Waals surface area contributed by atoms with Crippen LogP contribution in [-0.4, -0.2) is 14.5 Å². The first-order chi connectivity index (χ1) is 10.1. The first-order valence-electron chi connectivity index (χ1n) is 7.10. The Morgan fingerprint density at radius 3 is 3.00 bits per heavy atom. The van der Waals surface area contributed by atoms with Gasteiger partial charge in [-0.25, -0.2) is 4.98 Å². The second-order valence-electron chi connectivity index (χ2n) is 5.63. The Bertz CT molecular complexity index is 807.